The van der Waals surface area contributed by atoms with Crippen LogP contribution < -0.4 is 5.46 Å². The minimum Gasteiger partial charge on any atom is -0.261 e. The van der Waals surface area contributed by atoms with Crippen LogP contribution in [0.1, 0.15) is 39.3 Å². The first-order valence-electron chi connectivity index (χ1n) is 4.41. The average Bonchev–Trinajstić information content (AvgIpc) is 2.08. The second-order valence-electron chi connectivity index (χ2n) is 2.67. The number of hydrogen-bond donors (Lipinski definition) is 0. The van der Waals surface area contributed by atoms with Crippen molar-refractivity contribution in [3.63, 3.8) is 0 Å². The molecule has 1 nitrogen and oxygen atoms in total. The summed E-state index contributed by atoms with van der Waals surface area (Å²) in [4.78, 5) is 4.16. The van der Waals surface area contributed by atoms with Gasteiger partial charge in [-0.2, -0.15) is 0 Å². The molecule has 1 heterocycles. The first-order chi connectivity index (χ1) is 5.70. The Morgan fingerprint density at radius 3 is 2.25 bits per heavy atom. The number of rotatable bonds is 1. The fourth-order valence-electron chi connectivity index (χ4n) is 0.781. The van der Waals surface area contributed by atoms with Crippen LogP contribution in [0.15, 0.2) is 18.3 Å². The van der Waals surface area contributed by atoms with E-state index in [9.17, 15) is 0 Å². The van der Waals surface area contributed by atoms with Gasteiger partial charge in [-0.05, 0) is 12.0 Å². The van der Waals surface area contributed by atoms with Crippen LogP contribution in [-0.2, 0) is 0 Å². The highest BCUT2D eigenvalue weighted by atomic mass is 14.7. The molecule has 0 N–H and O–H groups in total. The van der Waals surface area contributed by atoms with Gasteiger partial charge in [0.05, 0.1) is 0 Å². The van der Waals surface area contributed by atoms with E-state index < -0.39 is 0 Å². The fraction of sp³-hybridized carbons (Fsp3) is 0.500. The molecule has 0 atom stereocenters. The summed E-state index contributed by atoms with van der Waals surface area (Å²) in [6, 6.07) is 3.70. The van der Waals surface area contributed by atoms with Crippen molar-refractivity contribution in [3.05, 3.63) is 24.0 Å². The van der Waals surface area contributed by atoms with E-state index in [1.165, 1.54) is 0 Å². The molecule has 1 aromatic rings. The summed E-state index contributed by atoms with van der Waals surface area (Å²) in [6.45, 7) is 8.20. The summed E-state index contributed by atoms with van der Waals surface area (Å²) in [5, 5.41) is 0. The summed E-state index contributed by atoms with van der Waals surface area (Å²) >= 11 is 0. The van der Waals surface area contributed by atoms with Crippen LogP contribution in [0, 0.1) is 0 Å². The van der Waals surface area contributed by atoms with Crippen molar-refractivity contribution < 1.29 is 0 Å². The number of pyridine rings is 1. The highest BCUT2D eigenvalue weighted by Crippen LogP contribution is 2.07. The Morgan fingerprint density at radius 2 is 1.92 bits per heavy atom. The number of aromatic nitrogens is 1. The monoisotopic (exact) mass is 161 g/mol. The lowest BCUT2D eigenvalue weighted by atomic mass is 9.95. The lowest BCUT2D eigenvalue weighted by molar-refractivity contribution is 0.824. The molecular weight excluding hydrogens is 145 g/mol. The van der Waals surface area contributed by atoms with Gasteiger partial charge in [-0.3, -0.25) is 4.98 Å². The summed E-state index contributed by atoms with van der Waals surface area (Å²) in [5.74, 6) is 0.462. The molecule has 0 saturated heterocycles. The van der Waals surface area contributed by atoms with Gasteiger partial charge in [0.2, 0.25) is 0 Å². The SMILES string of the molecule is CC.[B]c1ccnc(C(C)C)c1. The van der Waals surface area contributed by atoms with Crippen LogP contribution in [0.3, 0.4) is 0 Å². The lowest BCUT2D eigenvalue weighted by Gasteiger charge is -2.03. The molecule has 0 amide bonds. The molecule has 0 bridgehead atoms. The maximum Gasteiger partial charge on any atom is 0.113 e. The van der Waals surface area contributed by atoms with Gasteiger partial charge in [-0.1, -0.05) is 39.2 Å². The summed E-state index contributed by atoms with van der Waals surface area (Å²) < 4.78 is 0. The van der Waals surface area contributed by atoms with Gasteiger partial charge in [0, 0.05) is 11.9 Å². The second kappa shape index (κ2) is 5.81. The smallest absolute Gasteiger partial charge is 0.113 e. The molecule has 0 fully saturated rings. The van der Waals surface area contributed by atoms with E-state index >= 15 is 0 Å². The van der Waals surface area contributed by atoms with Gasteiger partial charge < -0.3 is 0 Å². The highest BCUT2D eigenvalue weighted by molar-refractivity contribution is 6.32. The maximum absolute atomic E-state index is 5.56. The molecule has 64 valence electrons. The van der Waals surface area contributed by atoms with Crippen molar-refractivity contribution in [1.82, 2.24) is 4.98 Å². The van der Waals surface area contributed by atoms with Gasteiger partial charge in [0.1, 0.15) is 7.85 Å². The van der Waals surface area contributed by atoms with Crippen LogP contribution in [-0.4, -0.2) is 12.8 Å². The van der Waals surface area contributed by atoms with Crippen molar-refractivity contribution in [3.8, 4) is 0 Å². The third-order valence-electron chi connectivity index (χ3n) is 1.40. The first-order valence-corrected chi connectivity index (χ1v) is 4.41. The van der Waals surface area contributed by atoms with Crippen molar-refractivity contribution in [2.24, 2.45) is 0 Å². The largest absolute Gasteiger partial charge is 0.261 e. The maximum atomic E-state index is 5.56. The van der Waals surface area contributed by atoms with E-state index in [1.54, 1.807) is 12.3 Å². The molecule has 1 aromatic heterocycles. The van der Waals surface area contributed by atoms with Crippen LogP contribution >= 0.6 is 0 Å². The molecule has 2 radical (unpaired) electrons. The molecule has 0 unspecified atom stereocenters. The van der Waals surface area contributed by atoms with E-state index in [2.05, 4.69) is 18.8 Å². The first kappa shape index (κ1) is 11.2. The van der Waals surface area contributed by atoms with Crippen molar-refractivity contribution in [1.29, 1.82) is 0 Å². The molecule has 0 aliphatic carbocycles. The van der Waals surface area contributed by atoms with Gasteiger partial charge >= 0.3 is 0 Å². The Kier molecular flexibility index (Phi) is 5.43. The van der Waals surface area contributed by atoms with E-state index in [1.807, 2.05) is 19.9 Å². The Bertz CT molecular complexity index is 221. The van der Waals surface area contributed by atoms with Crippen LogP contribution in [0.25, 0.3) is 0 Å². The molecule has 2 heteroatoms. The van der Waals surface area contributed by atoms with E-state index in [0.29, 0.717) is 5.92 Å². The minimum atomic E-state index is 0.462. The molecule has 0 aliphatic heterocycles. The lowest BCUT2D eigenvalue weighted by Crippen LogP contribution is -2.05. The second-order valence-corrected chi connectivity index (χ2v) is 2.67. The van der Waals surface area contributed by atoms with E-state index in [0.717, 1.165) is 11.2 Å². The zero-order valence-electron chi connectivity index (χ0n) is 8.33. The van der Waals surface area contributed by atoms with Gasteiger partial charge in [-0.25, -0.2) is 0 Å². The van der Waals surface area contributed by atoms with E-state index in [4.69, 9.17) is 7.85 Å². The normalized spacial score (nSPS) is 9.08. The topological polar surface area (TPSA) is 12.9 Å². The Morgan fingerprint density at radius 1 is 1.33 bits per heavy atom. The zero-order chi connectivity index (χ0) is 9.56. The molecule has 12 heavy (non-hydrogen) atoms. The standard InChI is InChI=1S/C8H10BN.C2H6/c1-6(2)8-5-7(9)3-4-10-8;1-2/h3-6H,1-2H3;1-2H3. The third kappa shape index (κ3) is 3.56. The van der Waals surface area contributed by atoms with E-state index in [-0.39, 0.29) is 0 Å². The number of hydrogen-bond acceptors (Lipinski definition) is 1. The highest BCUT2D eigenvalue weighted by Gasteiger charge is 1.97. The van der Waals surface area contributed by atoms with Crippen LogP contribution in [0.4, 0.5) is 0 Å². The predicted molar refractivity (Wildman–Crippen MR) is 55.1 cm³/mol. The van der Waals surface area contributed by atoms with Gasteiger partial charge in [-0.15, -0.1) is 0 Å². The van der Waals surface area contributed by atoms with Crippen LogP contribution in [0.5, 0.6) is 0 Å². The fourth-order valence-corrected chi connectivity index (χ4v) is 0.781. The zero-order valence-corrected chi connectivity index (χ0v) is 8.33. The summed E-state index contributed by atoms with van der Waals surface area (Å²) in [6.07, 6.45) is 1.74. The third-order valence-corrected chi connectivity index (χ3v) is 1.40. The Hall–Kier alpha value is -0.785. The van der Waals surface area contributed by atoms with Crippen LogP contribution in [0.2, 0.25) is 0 Å². The molecule has 0 aromatic carbocycles. The van der Waals surface area contributed by atoms with Crippen molar-refractivity contribution >= 4 is 13.3 Å². The Balaban J connectivity index is 0.000000561. The summed E-state index contributed by atoms with van der Waals surface area (Å²) in [5.41, 5.74) is 1.85. The Labute approximate surface area is 76.6 Å². The minimum absolute atomic E-state index is 0.462. The average molecular weight is 161 g/mol. The quantitative estimate of drug-likeness (QED) is 0.574. The van der Waals surface area contributed by atoms with Crippen molar-refractivity contribution in [2.45, 2.75) is 33.6 Å². The molecule has 0 aliphatic rings. The molecule has 0 spiro atoms. The van der Waals surface area contributed by atoms with Crippen molar-refractivity contribution in [2.75, 3.05) is 0 Å². The molecular formula is C10H16BN. The van der Waals surface area contributed by atoms with Gasteiger partial charge in [0.25, 0.3) is 0 Å². The summed E-state index contributed by atoms with van der Waals surface area (Å²) in [7, 11) is 5.56. The predicted octanol–water partition coefficient (Wildman–Crippen LogP) is 2.02. The molecule has 0 saturated carbocycles. The molecule has 1 rings (SSSR count). The number of nitrogens with zero attached hydrogens (tertiary/aromatic N) is 1. The van der Waals surface area contributed by atoms with Gasteiger partial charge in [0.15, 0.2) is 0 Å².